The Labute approximate surface area is 178 Å². The van der Waals surface area contributed by atoms with Crippen molar-refractivity contribution in [3.8, 4) is 5.75 Å². The van der Waals surface area contributed by atoms with Gasteiger partial charge in [0, 0.05) is 15.9 Å². The molecule has 0 spiro atoms. The molecule has 0 N–H and O–H groups in total. The van der Waals surface area contributed by atoms with E-state index in [9.17, 15) is 9.59 Å². The van der Waals surface area contributed by atoms with Gasteiger partial charge < -0.3 is 9.47 Å². The number of nitrogens with zero attached hydrogens (tertiary/aromatic N) is 1. The van der Waals surface area contributed by atoms with E-state index in [1.54, 1.807) is 42.0 Å². The van der Waals surface area contributed by atoms with Crippen molar-refractivity contribution in [2.24, 2.45) is 0 Å². The molecule has 4 rings (SSSR count). The zero-order valence-corrected chi connectivity index (χ0v) is 17.1. The summed E-state index contributed by atoms with van der Waals surface area (Å²) in [5.74, 6) is -0.144. The number of benzene rings is 3. The first kappa shape index (κ1) is 19.8. The van der Waals surface area contributed by atoms with E-state index in [0.717, 1.165) is 32.5 Å². The lowest BCUT2D eigenvalue weighted by atomic mass is 10.2. The zero-order chi connectivity index (χ0) is 20.9. The molecule has 30 heavy (non-hydrogen) atoms. The smallest absolute Gasteiger partial charge is 0.331 e. The van der Waals surface area contributed by atoms with Gasteiger partial charge in [0.1, 0.15) is 5.75 Å². The number of rotatable bonds is 5. The number of methoxy groups -OCH3 is 1. The first-order valence-corrected chi connectivity index (χ1v) is 10.1. The summed E-state index contributed by atoms with van der Waals surface area (Å²) in [5, 5.41) is 0. The minimum absolute atomic E-state index is 0.304. The Morgan fingerprint density at radius 3 is 2.10 bits per heavy atom. The van der Waals surface area contributed by atoms with Crippen molar-refractivity contribution in [3.63, 3.8) is 0 Å². The van der Waals surface area contributed by atoms with Gasteiger partial charge in [0.05, 0.1) is 18.5 Å². The molecule has 0 fully saturated rings. The number of anilines is 2. The highest BCUT2D eigenvalue weighted by atomic mass is 32.2. The lowest BCUT2D eigenvalue weighted by Crippen LogP contribution is -2.32. The summed E-state index contributed by atoms with van der Waals surface area (Å²) in [6.07, 6.45) is 2.94. The highest BCUT2D eigenvalue weighted by Gasteiger charge is 2.28. The van der Waals surface area contributed by atoms with Crippen molar-refractivity contribution >= 4 is 41.1 Å². The maximum atomic E-state index is 13.0. The van der Waals surface area contributed by atoms with Crippen LogP contribution in [0.3, 0.4) is 0 Å². The van der Waals surface area contributed by atoms with Gasteiger partial charge in [-0.1, -0.05) is 48.2 Å². The quantitative estimate of drug-likeness (QED) is 0.428. The lowest BCUT2D eigenvalue weighted by molar-refractivity contribution is -0.142. The number of hydrogen-bond donors (Lipinski definition) is 0. The number of carbonyl (C=O) groups is 2. The monoisotopic (exact) mass is 417 g/mol. The molecule has 1 aliphatic heterocycles. The van der Waals surface area contributed by atoms with E-state index in [0.29, 0.717) is 0 Å². The standard InChI is InChI=1S/C24H19NO4S/c1-28-18-13-10-17(11-14-18)12-15-24(27)29-16-23(26)25-19-6-2-4-8-21(19)30-22-9-5-3-7-20(22)25/h2-15H,16H2,1H3/b15-12+. The molecule has 0 bridgehead atoms. The highest BCUT2D eigenvalue weighted by Crippen LogP contribution is 2.47. The van der Waals surface area contributed by atoms with Crippen LogP contribution >= 0.6 is 11.8 Å². The number of para-hydroxylation sites is 2. The summed E-state index contributed by atoms with van der Waals surface area (Å²) < 4.78 is 10.3. The first-order chi connectivity index (χ1) is 14.7. The molecule has 1 aliphatic rings. The van der Waals surface area contributed by atoms with Crippen LogP contribution in [-0.2, 0) is 14.3 Å². The average molecular weight is 417 g/mol. The Morgan fingerprint density at radius 1 is 0.900 bits per heavy atom. The van der Waals surface area contributed by atoms with Crippen molar-refractivity contribution in [3.05, 3.63) is 84.4 Å². The molecular weight excluding hydrogens is 398 g/mol. The fourth-order valence-electron chi connectivity index (χ4n) is 3.10. The number of amides is 1. The molecular formula is C24H19NO4S. The van der Waals surface area contributed by atoms with Crippen molar-refractivity contribution in [1.82, 2.24) is 0 Å². The molecule has 0 saturated carbocycles. The van der Waals surface area contributed by atoms with Gasteiger partial charge in [-0.15, -0.1) is 0 Å². The fourth-order valence-corrected chi connectivity index (χ4v) is 4.16. The predicted octanol–water partition coefficient (Wildman–Crippen LogP) is 5.08. The number of hydrogen-bond acceptors (Lipinski definition) is 5. The summed E-state index contributed by atoms with van der Waals surface area (Å²) in [6.45, 7) is -0.348. The van der Waals surface area contributed by atoms with E-state index in [1.165, 1.54) is 6.08 Å². The van der Waals surface area contributed by atoms with E-state index in [-0.39, 0.29) is 12.5 Å². The third kappa shape index (κ3) is 4.23. The van der Waals surface area contributed by atoms with Crippen LogP contribution in [0.5, 0.6) is 5.75 Å². The summed E-state index contributed by atoms with van der Waals surface area (Å²) in [6, 6.07) is 22.6. The summed E-state index contributed by atoms with van der Waals surface area (Å²) in [7, 11) is 1.59. The van der Waals surface area contributed by atoms with Crippen LogP contribution in [0.4, 0.5) is 11.4 Å². The molecule has 6 heteroatoms. The van der Waals surface area contributed by atoms with E-state index in [1.807, 2.05) is 60.7 Å². The predicted molar refractivity (Wildman–Crippen MR) is 117 cm³/mol. The minimum atomic E-state index is -0.577. The fraction of sp³-hybridized carbons (Fsp3) is 0.0833. The lowest BCUT2D eigenvalue weighted by Gasteiger charge is -2.30. The van der Waals surface area contributed by atoms with Gasteiger partial charge in [-0.25, -0.2) is 4.79 Å². The van der Waals surface area contributed by atoms with Gasteiger partial charge >= 0.3 is 5.97 Å². The van der Waals surface area contributed by atoms with Gasteiger partial charge in [0.15, 0.2) is 6.61 Å². The van der Waals surface area contributed by atoms with Gasteiger partial charge in [-0.3, -0.25) is 9.69 Å². The van der Waals surface area contributed by atoms with Crippen LogP contribution in [0.15, 0.2) is 88.7 Å². The molecule has 150 valence electrons. The Bertz CT molecular complexity index is 1060. The topological polar surface area (TPSA) is 55.8 Å². The molecule has 5 nitrogen and oxygen atoms in total. The molecule has 0 saturated heterocycles. The number of ether oxygens (including phenoxy) is 2. The Hall–Kier alpha value is -3.51. The van der Waals surface area contributed by atoms with Crippen LogP contribution < -0.4 is 9.64 Å². The summed E-state index contributed by atoms with van der Waals surface area (Å²) in [4.78, 5) is 28.7. The molecule has 0 atom stereocenters. The van der Waals surface area contributed by atoms with Crippen molar-refractivity contribution in [2.75, 3.05) is 18.6 Å². The Morgan fingerprint density at radius 2 is 1.50 bits per heavy atom. The Balaban J connectivity index is 1.45. The SMILES string of the molecule is COc1ccc(/C=C/C(=O)OCC(=O)N2c3ccccc3Sc3ccccc32)cc1. The normalized spacial score (nSPS) is 12.2. The van der Waals surface area contributed by atoms with Crippen molar-refractivity contribution in [2.45, 2.75) is 9.79 Å². The molecule has 0 unspecified atom stereocenters. The van der Waals surface area contributed by atoms with Crippen LogP contribution in [0.25, 0.3) is 6.08 Å². The molecule has 0 radical (unpaired) electrons. The first-order valence-electron chi connectivity index (χ1n) is 9.33. The van der Waals surface area contributed by atoms with Gasteiger partial charge in [0.25, 0.3) is 5.91 Å². The molecule has 1 heterocycles. The van der Waals surface area contributed by atoms with Crippen LogP contribution in [0.2, 0.25) is 0 Å². The van der Waals surface area contributed by atoms with E-state index in [2.05, 4.69) is 0 Å². The average Bonchev–Trinajstić information content (AvgIpc) is 2.79. The zero-order valence-electron chi connectivity index (χ0n) is 16.3. The van der Waals surface area contributed by atoms with Crippen molar-refractivity contribution in [1.29, 1.82) is 0 Å². The molecule has 3 aromatic carbocycles. The van der Waals surface area contributed by atoms with Crippen LogP contribution in [0.1, 0.15) is 5.56 Å². The second-order valence-corrected chi connectivity index (χ2v) is 7.56. The third-order valence-electron chi connectivity index (χ3n) is 4.55. The van der Waals surface area contributed by atoms with Crippen LogP contribution in [-0.4, -0.2) is 25.6 Å². The van der Waals surface area contributed by atoms with Gasteiger partial charge in [0.2, 0.25) is 0 Å². The summed E-state index contributed by atoms with van der Waals surface area (Å²) in [5.41, 5.74) is 2.40. The molecule has 1 amide bonds. The summed E-state index contributed by atoms with van der Waals surface area (Å²) >= 11 is 1.61. The van der Waals surface area contributed by atoms with Crippen molar-refractivity contribution < 1.29 is 19.1 Å². The molecule has 0 aliphatic carbocycles. The molecule has 0 aromatic heterocycles. The largest absolute Gasteiger partial charge is 0.497 e. The molecule has 3 aromatic rings. The number of carbonyl (C=O) groups excluding carboxylic acids is 2. The maximum absolute atomic E-state index is 13.0. The Kier molecular flexibility index (Phi) is 5.86. The highest BCUT2D eigenvalue weighted by molar-refractivity contribution is 7.99. The second kappa shape index (κ2) is 8.88. The van der Waals surface area contributed by atoms with E-state index < -0.39 is 5.97 Å². The third-order valence-corrected chi connectivity index (χ3v) is 5.68. The number of fused-ring (bicyclic) bond motifs is 2. The van der Waals surface area contributed by atoms with E-state index in [4.69, 9.17) is 9.47 Å². The van der Waals surface area contributed by atoms with Gasteiger partial charge in [-0.05, 0) is 48.0 Å². The van der Waals surface area contributed by atoms with Gasteiger partial charge in [-0.2, -0.15) is 0 Å². The minimum Gasteiger partial charge on any atom is -0.497 e. The van der Waals surface area contributed by atoms with E-state index >= 15 is 0 Å². The maximum Gasteiger partial charge on any atom is 0.331 e. The number of esters is 1. The second-order valence-electron chi connectivity index (χ2n) is 6.48. The van der Waals surface area contributed by atoms with Crippen LogP contribution in [0, 0.1) is 0 Å².